The quantitative estimate of drug-likeness (QED) is 0.461. The number of hydrogen-bond acceptors (Lipinski definition) is 7. The Hall–Kier alpha value is -2.85. The fourth-order valence-corrected chi connectivity index (χ4v) is 5.70. The van der Waals surface area contributed by atoms with Crippen LogP contribution in [0.1, 0.15) is 64.6 Å². The van der Waals surface area contributed by atoms with Crippen LogP contribution in [0.2, 0.25) is 0 Å². The van der Waals surface area contributed by atoms with Crippen LogP contribution < -0.4 is 15.5 Å². The number of hydrogen-bond donors (Lipinski definition) is 1. The Morgan fingerprint density at radius 3 is 2.51 bits per heavy atom. The first-order valence-corrected chi connectivity index (χ1v) is 13.5. The number of ether oxygens (including phenoxy) is 1. The third-order valence-corrected chi connectivity index (χ3v) is 7.57. The molecular formula is C27H37F2N7O. The van der Waals surface area contributed by atoms with Crippen molar-refractivity contribution in [3.8, 4) is 5.82 Å². The summed E-state index contributed by atoms with van der Waals surface area (Å²) in [5, 5.41) is 0. The van der Waals surface area contributed by atoms with Gasteiger partial charge in [-0.3, -0.25) is 4.57 Å². The number of morpholine rings is 1. The van der Waals surface area contributed by atoms with E-state index in [1.807, 2.05) is 18.2 Å². The summed E-state index contributed by atoms with van der Waals surface area (Å²) in [6.45, 7) is 6.87. The van der Waals surface area contributed by atoms with Gasteiger partial charge in [0, 0.05) is 37.3 Å². The number of fused-ring (bicyclic) bond motifs is 1. The zero-order chi connectivity index (χ0) is 25.9. The van der Waals surface area contributed by atoms with E-state index in [0.29, 0.717) is 49.1 Å². The van der Waals surface area contributed by atoms with Crippen LogP contribution in [0.15, 0.2) is 30.3 Å². The number of aromatic nitrogens is 4. The molecule has 1 atom stereocenters. The predicted molar refractivity (Wildman–Crippen MR) is 142 cm³/mol. The zero-order valence-corrected chi connectivity index (χ0v) is 21.7. The first-order valence-electron chi connectivity index (χ1n) is 13.5. The molecule has 10 heteroatoms. The van der Waals surface area contributed by atoms with Crippen molar-refractivity contribution in [2.75, 3.05) is 36.1 Å². The third kappa shape index (κ3) is 5.40. The minimum absolute atomic E-state index is 0.232. The maximum absolute atomic E-state index is 14.2. The fourth-order valence-electron chi connectivity index (χ4n) is 5.70. The second kappa shape index (κ2) is 11.3. The summed E-state index contributed by atoms with van der Waals surface area (Å²) in [6.07, 6.45) is 3.21. The number of imidazole rings is 1. The van der Waals surface area contributed by atoms with Crippen molar-refractivity contribution in [3.63, 3.8) is 0 Å². The Morgan fingerprint density at radius 2 is 1.81 bits per heavy atom. The van der Waals surface area contributed by atoms with Crippen molar-refractivity contribution in [1.82, 2.24) is 19.5 Å². The highest BCUT2D eigenvalue weighted by molar-refractivity contribution is 5.78. The fraction of sp³-hybridized carbons (Fsp3) is 0.593. The van der Waals surface area contributed by atoms with Gasteiger partial charge in [-0.2, -0.15) is 9.97 Å². The van der Waals surface area contributed by atoms with Crippen LogP contribution in [0.25, 0.3) is 16.9 Å². The van der Waals surface area contributed by atoms with Crippen LogP contribution in [0.4, 0.5) is 20.5 Å². The topological polar surface area (TPSA) is 85.3 Å². The molecule has 3 heterocycles. The monoisotopic (exact) mass is 513 g/mol. The van der Waals surface area contributed by atoms with Gasteiger partial charge < -0.3 is 20.3 Å². The Balaban J connectivity index is 1.67. The second-order valence-electron chi connectivity index (χ2n) is 10.2. The normalized spacial score (nSPS) is 21.5. The maximum atomic E-state index is 14.2. The van der Waals surface area contributed by atoms with Crippen LogP contribution in [0, 0.1) is 0 Å². The number of alkyl halides is 2. The van der Waals surface area contributed by atoms with E-state index in [1.165, 1.54) is 4.57 Å². The molecule has 2 N–H and O–H groups in total. The van der Waals surface area contributed by atoms with E-state index in [-0.39, 0.29) is 23.9 Å². The molecule has 1 aliphatic heterocycles. The number of rotatable bonds is 8. The van der Waals surface area contributed by atoms with E-state index in [0.717, 1.165) is 44.3 Å². The molecular weight excluding hydrogens is 476 g/mol. The highest BCUT2D eigenvalue weighted by atomic mass is 19.3. The molecule has 5 rings (SSSR count). The van der Waals surface area contributed by atoms with E-state index < -0.39 is 6.43 Å². The van der Waals surface area contributed by atoms with E-state index >= 15 is 0 Å². The molecule has 2 aromatic heterocycles. The van der Waals surface area contributed by atoms with Gasteiger partial charge in [-0.15, -0.1) is 0 Å². The van der Waals surface area contributed by atoms with E-state index in [9.17, 15) is 8.78 Å². The van der Waals surface area contributed by atoms with Crippen molar-refractivity contribution < 1.29 is 13.5 Å². The molecule has 8 nitrogen and oxygen atoms in total. The van der Waals surface area contributed by atoms with Gasteiger partial charge in [-0.25, -0.2) is 13.8 Å². The first-order chi connectivity index (χ1) is 18.0. The lowest BCUT2D eigenvalue weighted by Crippen LogP contribution is -2.46. The van der Waals surface area contributed by atoms with Crippen molar-refractivity contribution in [2.24, 2.45) is 5.73 Å². The molecule has 0 amide bonds. The van der Waals surface area contributed by atoms with Crippen LogP contribution in [-0.4, -0.2) is 63.9 Å². The molecule has 1 saturated carbocycles. The molecule has 1 aromatic carbocycles. The molecule has 3 aromatic rings. The van der Waals surface area contributed by atoms with Crippen molar-refractivity contribution in [2.45, 2.75) is 76.9 Å². The first kappa shape index (κ1) is 25.8. The summed E-state index contributed by atoms with van der Waals surface area (Å²) in [4.78, 5) is 18.6. The van der Waals surface area contributed by atoms with E-state index in [4.69, 9.17) is 20.4 Å². The van der Waals surface area contributed by atoms with Gasteiger partial charge >= 0.3 is 0 Å². The molecule has 2 aliphatic rings. The minimum Gasteiger partial charge on any atom is -0.378 e. The maximum Gasteiger partial charge on any atom is 0.296 e. The van der Waals surface area contributed by atoms with Gasteiger partial charge in [0.05, 0.1) is 24.2 Å². The molecule has 37 heavy (non-hydrogen) atoms. The third-order valence-electron chi connectivity index (χ3n) is 7.57. The highest BCUT2D eigenvalue weighted by Crippen LogP contribution is 2.33. The van der Waals surface area contributed by atoms with Gasteiger partial charge in [0.25, 0.3) is 6.43 Å². The molecule has 0 radical (unpaired) electrons. The van der Waals surface area contributed by atoms with Gasteiger partial charge in [-0.1, -0.05) is 25.5 Å². The standard InChI is InChI=1S/C27H37F2N7O/c1-3-6-18(2)35(20-11-9-19(30)10-12-20)23-17-24(33-27(32-23)34-13-15-37-16-14-34)36-22-8-5-4-7-21(22)31-26(36)25(28)29/h4-5,7-8,17-20,25H,3,6,9-16,30H2,1-2H3/t18?,19-,20-. The number of para-hydroxylation sites is 2. The van der Waals surface area contributed by atoms with Crippen molar-refractivity contribution in [3.05, 3.63) is 36.2 Å². The van der Waals surface area contributed by atoms with Gasteiger partial charge in [0.2, 0.25) is 5.95 Å². The molecule has 0 bridgehead atoms. The summed E-state index contributed by atoms with van der Waals surface area (Å²) >= 11 is 0. The van der Waals surface area contributed by atoms with E-state index in [1.54, 1.807) is 12.1 Å². The lowest BCUT2D eigenvalue weighted by molar-refractivity contribution is 0.122. The summed E-state index contributed by atoms with van der Waals surface area (Å²) in [5.74, 6) is 1.41. The van der Waals surface area contributed by atoms with Crippen LogP contribution in [0.3, 0.4) is 0 Å². The summed E-state index contributed by atoms with van der Waals surface area (Å²) in [5.41, 5.74) is 7.36. The zero-order valence-electron chi connectivity index (χ0n) is 21.7. The Bertz CT molecular complexity index is 1190. The lowest BCUT2D eigenvalue weighted by Gasteiger charge is -2.41. The number of nitrogens with zero attached hydrogens (tertiary/aromatic N) is 6. The van der Waals surface area contributed by atoms with Crippen LogP contribution in [0.5, 0.6) is 0 Å². The van der Waals surface area contributed by atoms with Crippen LogP contribution >= 0.6 is 0 Å². The van der Waals surface area contributed by atoms with Gasteiger partial charge in [0.15, 0.2) is 5.82 Å². The molecule has 1 saturated heterocycles. The minimum atomic E-state index is -2.74. The Morgan fingerprint density at radius 1 is 1.08 bits per heavy atom. The number of anilines is 2. The molecule has 1 unspecified atom stereocenters. The lowest BCUT2D eigenvalue weighted by atomic mass is 9.89. The van der Waals surface area contributed by atoms with Gasteiger partial charge in [0.1, 0.15) is 11.6 Å². The molecule has 200 valence electrons. The molecule has 0 spiro atoms. The summed E-state index contributed by atoms with van der Waals surface area (Å²) < 4.78 is 35.5. The molecule has 2 fully saturated rings. The predicted octanol–water partition coefficient (Wildman–Crippen LogP) is 4.85. The van der Waals surface area contributed by atoms with Crippen molar-refractivity contribution >= 4 is 22.8 Å². The van der Waals surface area contributed by atoms with Crippen molar-refractivity contribution in [1.29, 1.82) is 0 Å². The Kier molecular flexibility index (Phi) is 7.85. The van der Waals surface area contributed by atoms with E-state index in [2.05, 4.69) is 28.6 Å². The average molecular weight is 514 g/mol. The number of benzene rings is 1. The van der Waals surface area contributed by atoms with Crippen LogP contribution in [-0.2, 0) is 4.74 Å². The summed E-state index contributed by atoms with van der Waals surface area (Å²) in [6, 6.07) is 9.83. The largest absolute Gasteiger partial charge is 0.378 e. The molecule has 1 aliphatic carbocycles. The summed E-state index contributed by atoms with van der Waals surface area (Å²) in [7, 11) is 0. The highest BCUT2D eigenvalue weighted by Gasteiger charge is 2.31. The number of halogens is 2. The second-order valence-corrected chi connectivity index (χ2v) is 10.2. The number of nitrogens with two attached hydrogens (primary N) is 1. The average Bonchev–Trinajstić information content (AvgIpc) is 3.31. The van der Waals surface area contributed by atoms with Gasteiger partial charge in [-0.05, 0) is 51.2 Å². The smallest absolute Gasteiger partial charge is 0.296 e. The SMILES string of the molecule is CCCC(C)N(c1cc(-n2c(C(F)F)nc3ccccc32)nc(N2CCOCC2)n1)[C@H]1CC[C@H](N)CC1. The Labute approximate surface area is 216 Å².